The van der Waals surface area contributed by atoms with Crippen LogP contribution in [0.25, 0.3) is 10.1 Å². The molecule has 0 saturated carbocycles. The van der Waals surface area contributed by atoms with Crippen LogP contribution in [-0.2, 0) is 4.79 Å². The van der Waals surface area contributed by atoms with Gasteiger partial charge in [-0.2, -0.15) is 0 Å². The minimum atomic E-state index is -0.571. The molecule has 0 aliphatic carbocycles. The molecule has 0 unspecified atom stereocenters. The lowest BCUT2D eigenvalue weighted by atomic mass is 10.2. The van der Waals surface area contributed by atoms with Gasteiger partial charge in [-0.25, -0.2) is 0 Å². The summed E-state index contributed by atoms with van der Waals surface area (Å²) in [6.45, 7) is -0.149. The van der Waals surface area contributed by atoms with Gasteiger partial charge in [-0.1, -0.05) is 6.07 Å². The molecule has 2 amide bonds. The highest BCUT2D eigenvalue weighted by molar-refractivity contribution is 7.21. The summed E-state index contributed by atoms with van der Waals surface area (Å²) in [5.41, 5.74) is 11.5. The summed E-state index contributed by atoms with van der Waals surface area (Å²) in [6, 6.07) is 5.48. The summed E-state index contributed by atoms with van der Waals surface area (Å²) in [6.07, 6.45) is 0. The number of nitrogens with zero attached hydrogens (tertiary/aromatic N) is 1. The quantitative estimate of drug-likeness (QED) is 0.880. The third kappa shape index (κ3) is 2.39. The fourth-order valence-corrected chi connectivity index (χ4v) is 3.08. The molecular weight excluding hydrogens is 278 g/mol. The van der Waals surface area contributed by atoms with Crippen molar-refractivity contribution in [2.24, 2.45) is 5.73 Å². The van der Waals surface area contributed by atoms with Gasteiger partial charge in [0.25, 0.3) is 5.91 Å². The highest BCUT2D eigenvalue weighted by Gasteiger charge is 2.22. The van der Waals surface area contributed by atoms with Crippen LogP contribution in [0.5, 0.6) is 5.75 Å². The van der Waals surface area contributed by atoms with E-state index in [9.17, 15) is 9.59 Å². The van der Waals surface area contributed by atoms with E-state index in [1.54, 1.807) is 13.2 Å². The van der Waals surface area contributed by atoms with Crippen molar-refractivity contribution in [2.45, 2.75) is 0 Å². The van der Waals surface area contributed by atoms with Crippen molar-refractivity contribution in [3.63, 3.8) is 0 Å². The molecule has 7 heteroatoms. The average molecular weight is 293 g/mol. The zero-order chi connectivity index (χ0) is 14.9. The molecule has 2 aromatic rings. The average Bonchev–Trinajstić information content (AvgIpc) is 2.74. The first-order valence-electron chi connectivity index (χ1n) is 5.84. The fourth-order valence-electron chi connectivity index (χ4n) is 1.95. The van der Waals surface area contributed by atoms with E-state index < -0.39 is 5.91 Å². The number of carbonyl (C=O) groups is 2. The Morgan fingerprint density at radius 3 is 2.70 bits per heavy atom. The van der Waals surface area contributed by atoms with Gasteiger partial charge < -0.3 is 21.1 Å². The van der Waals surface area contributed by atoms with Crippen LogP contribution in [0.2, 0.25) is 0 Å². The molecule has 0 fully saturated rings. The first-order chi connectivity index (χ1) is 9.45. The maximum Gasteiger partial charge on any atom is 0.266 e. The molecule has 0 saturated heterocycles. The number of primary amides is 1. The normalized spacial score (nSPS) is 10.5. The third-order valence-electron chi connectivity index (χ3n) is 2.87. The molecule has 0 aliphatic heterocycles. The number of thiophene rings is 1. The van der Waals surface area contributed by atoms with Gasteiger partial charge in [0.15, 0.2) is 0 Å². The summed E-state index contributed by atoms with van der Waals surface area (Å²) in [4.78, 5) is 24.8. The van der Waals surface area contributed by atoms with E-state index in [2.05, 4.69) is 0 Å². The minimum Gasteiger partial charge on any atom is -0.496 e. The van der Waals surface area contributed by atoms with Crippen LogP contribution >= 0.6 is 11.3 Å². The molecule has 4 N–H and O–H groups in total. The number of hydrogen-bond donors (Lipinski definition) is 2. The highest BCUT2D eigenvalue weighted by Crippen LogP contribution is 2.39. The van der Waals surface area contributed by atoms with E-state index in [0.29, 0.717) is 16.3 Å². The van der Waals surface area contributed by atoms with Crippen LogP contribution in [0.15, 0.2) is 18.2 Å². The molecule has 1 heterocycles. The van der Waals surface area contributed by atoms with Crippen LogP contribution < -0.4 is 16.2 Å². The molecule has 20 heavy (non-hydrogen) atoms. The number of likely N-dealkylation sites (N-methyl/N-ethyl adjacent to an activating group) is 1. The van der Waals surface area contributed by atoms with E-state index in [0.717, 1.165) is 10.1 Å². The van der Waals surface area contributed by atoms with Crippen LogP contribution in [-0.4, -0.2) is 37.4 Å². The van der Waals surface area contributed by atoms with Crippen molar-refractivity contribution in [2.75, 3.05) is 26.4 Å². The zero-order valence-electron chi connectivity index (χ0n) is 11.2. The number of benzene rings is 1. The Bertz CT molecular complexity index is 681. The van der Waals surface area contributed by atoms with Crippen molar-refractivity contribution in [1.29, 1.82) is 0 Å². The smallest absolute Gasteiger partial charge is 0.266 e. The lowest BCUT2D eigenvalue weighted by Gasteiger charge is -2.14. The lowest BCUT2D eigenvalue weighted by molar-refractivity contribution is -0.118. The van der Waals surface area contributed by atoms with Gasteiger partial charge >= 0.3 is 0 Å². The number of fused-ring (bicyclic) bond motifs is 1. The Morgan fingerprint density at radius 1 is 1.40 bits per heavy atom. The zero-order valence-corrected chi connectivity index (χ0v) is 12.0. The SMILES string of the molecule is COc1cccc2sc(C(=O)N(C)CC(N)=O)c(N)c12. The summed E-state index contributed by atoms with van der Waals surface area (Å²) in [5, 5.41) is 0.718. The number of rotatable bonds is 4. The second-order valence-corrected chi connectivity index (χ2v) is 5.36. The van der Waals surface area contributed by atoms with Gasteiger partial charge in [0.1, 0.15) is 10.6 Å². The number of ether oxygens (including phenoxy) is 1. The predicted octanol–water partition coefficient (Wildman–Crippen LogP) is 1.05. The molecule has 6 nitrogen and oxygen atoms in total. The number of amides is 2. The van der Waals surface area contributed by atoms with Crippen molar-refractivity contribution < 1.29 is 14.3 Å². The van der Waals surface area contributed by atoms with Gasteiger partial charge in [0, 0.05) is 11.7 Å². The van der Waals surface area contributed by atoms with Gasteiger partial charge in [0.05, 0.1) is 24.7 Å². The standard InChI is InChI=1S/C13H15N3O3S/c1-16(6-9(14)17)13(18)12-11(15)10-7(19-2)4-3-5-8(10)20-12/h3-5H,6,15H2,1-2H3,(H2,14,17). The Labute approximate surface area is 119 Å². The molecule has 0 aliphatic rings. The second-order valence-electron chi connectivity index (χ2n) is 4.31. The highest BCUT2D eigenvalue weighted by atomic mass is 32.1. The first-order valence-corrected chi connectivity index (χ1v) is 6.66. The van der Waals surface area contributed by atoms with Crippen LogP contribution in [0.3, 0.4) is 0 Å². The minimum absolute atomic E-state index is 0.149. The number of anilines is 1. The number of nitrogens with two attached hydrogens (primary N) is 2. The van der Waals surface area contributed by atoms with Crippen LogP contribution in [0, 0.1) is 0 Å². The van der Waals surface area contributed by atoms with Crippen LogP contribution in [0.4, 0.5) is 5.69 Å². The van der Waals surface area contributed by atoms with Crippen molar-refractivity contribution >= 4 is 38.9 Å². The molecular formula is C13H15N3O3S. The lowest BCUT2D eigenvalue weighted by Crippen LogP contribution is -2.35. The molecule has 1 aromatic carbocycles. The molecule has 0 atom stereocenters. The second kappa shape index (κ2) is 5.38. The Morgan fingerprint density at radius 2 is 2.10 bits per heavy atom. The number of methoxy groups -OCH3 is 1. The third-order valence-corrected chi connectivity index (χ3v) is 4.03. The fraction of sp³-hybridized carbons (Fsp3) is 0.231. The molecule has 0 spiro atoms. The van der Waals surface area contributed by atoms with E-state index in [1.165, 1.54) is 23.3 Å². The largest absolute Gasteiger partial charge is 0.496 e. The van der Waals surface area contributed by atoms with Crippen molar-refractivity contribution in [1.82, 2.24) is 4.90 Å². The first kappa shape index (κ1) is 14.1. The summed E-state index contributed by atoms with van der Waals surface area (Å²) in [7, 11) is 3.06. The maximum absolute atomic E-state index is 12.3. The molecule has 0 bridgehead atoms. The number of hydrogen-bond acceptors (Lipinski definition) is 5. The molecule has 0 radical (unpaired) electrons. The Kier molecular flexibility index (Phi) is 3.80. The van der Waals surface area contributed by atoms with Gasteiger partial charge in [-0.05, 0) is 12.1 Å². The van der Waals surface area contributed by atoms with Gasteiger partial charge in [0.2, 0.25) is 5.91 Å². The molecule has 2 rings (SSSR count). The molecule has 1 aromatic heterocycles. The summed E-state index contributed by atoms with van der Waals surface area (Å²) >= 11 is 1.27. The predicted molar refractivity (Wildman–Crippen MR) is 78.9 cm³/mol. The van der Waals surface area contributed by atoms with Gasteiger partial charge in [-0.15, -0.1) is 11.3 Å². The van der Waals surface area contributed by atoms with E-state index >= 15 is 0 Å². The van der Waals surface area contributed by atoms with E-state index in [4.69, 9.17) is 16.2 Å². The summed E-state index contributed by atoms with van der Waals surface area (Å²) in [5.74, 6) is -0.282. The van der Waals surface area contributed by atoms with Crippen molar-refractivity contribution in [3.8, 4) is 5.75 Å². The van der Waals surface area contributed by atoms with E-state index in [-0.39, 0.29) is 12.5 Å². The number of nitrogen functional groups attached to an aromatic ring is 1. The van der Waals surface area contributed by atoms with Crippen molar-refractivity contribution in [3.05, 3.63) is 23.1 Å². The maximum atomic E-state index is 12.3. The topological polar surface area (TPSA) is 98.6 Å². The van der Waals surface area contributed by atoms with E-state index in [1.807, 2.05) is 12.1 Å². The Balaban J connectivity index is 2.48. The Hall–Kier alpha value is -2.28. The van der Waals surface area contributed by atoms with Gasteiger partial charge in [-0.3, -0.25) is 9.59 Å². The monoisotopic (exact) mass is 293 g/mol. The molecule has 106 valence electrons. The number of carbonyl (C=O) groups excluding carboxylic acids is 2. The van der Waals surface area contributed by atoms with Crippen LogP contribution in [0.1, 0.15) is 9.67 Å². The summed E-state index contributed by atoms with van der Waals surface area (Å²) < 4.78 is 6.11.